The average molecular weight is 757 g/mol. The minimum absolute atomic E-state index is 0.0280. The van der Waals surface area contributed by atoms with Crippen molar-refractivity contribution in [2.24, 2.45) is 29.1 Å². The summed E-state index contributed by atoms with van der Waals surface area (Å²) >= 11 is 0. The Balaban J connectivity index is 1.27. The quantitative estimate of drug-likeness (QED) is 0.171. The Morgan fingerprint density at radius 3 is 2.25 bits per heavy atom. The average Bonchev–Trinajstić information content (AvgIpc) is 3.53. The molecular formula is C44H60N4O7. The van der Waals surface area contributed by atoms with E-state index >= 15 is 0 Å². The van der Waals surface area contributed by atoms with E-state index in [1.165, 1.54) is 6.42 Å². The molecule has 1 heterocycles. The lowest BCUT2D eigenvalue weighted by molar-refractivity contribution is -0.183. The van der Waals surface area contributed by atoms with Gasteiger partial charge in [-0.1, -0.05) is 81.4 Å². The van der Waals surface area contributed by atoms with E-state index in [1.807, 2.05) is 62.6 Å². The highest BCUT2D eigenvalue weighted by molar-refractivity contribution is 6.00. The number of hydrogen-bond donors (Lipinski definition) is 4. The zero-order chi connectivity index (χ0) is 39.6. The molecule has 298 valence electrons. The third-order valence-electron chi connectivity index (χ3n) is 12.7. The summed E-state index contributed by atoms with van der Waals surface area (Å²) in [7, 11) is 7.11. The monoisotopic (exact) mass is 756 g/mol. The number of hydroxylamine groups is 2. The molecule has 1 aliphatic heterocycles. The number of fused-ring (bicyclic) bond motifs is 2. The summed E-state index contributed by atoms with van der Waals surface area (Å²) in [6, 6.07) is 20.3. The van der Waals surface area contributed by atoms with Crippen molar-refractivity contribution in [2.45, 2.75) is 83.8 Å². The van der Waals surface area contributed by atoms with E-state index in [-0.39, 0.29) is 42.5 Å². The molecule has 4 fully saturated rings. The van der Waals surface area contributed by atoms with Gasteiger partial charge in [-0.2, -0.15) is 5.06 Å². The highest BCUT2D eigenvalue weighted by Gasteiger charge is 2.57. The standard InChI is InChI=1S/C44H60N4O7/c1-26-35-21-30(44(35,3)4)22-36(26)46-43(52)39-38(27(2)50)37(25-49)55-48(39)23-29-16-12-17-32(40(29)53-7)33-18-13-19-34(41(33)54-8)42(51)45-31(24-47(5)6)20-28-14-10-9-11-15-28/h9-19,26-27,30-31,35-39,49-50H,20-25H2,1-8H3,(H,45,51)(H,46,52)/t26-,27-,30+,31+,35-,36-,37-,38-,39-/m0/s1. The van der Waals surface area contributed by atoms with E-state index in [1.54, 1.807) is 32.3 Å². The van der Waals surface area contributed by atoms with Crippen LogP contribution in [-0.2, 0) is 22.6 Å². The number of carbonyl (C=O) groups excluding carboxylic acids is 2. The first-order chi connectivity index (χ1) is 26.3. The summed E-state index contributed by atoms with van der Waals surface area (Å²) in [5, 5.41) is 29.5. The number of carbonyl (C=O) groups is 2. The molecule has 4 N–H and O–H groups in total. The SMILES string of the molecule is COc1c(CN2O[C@@H](CO)[C@H]([C@H](C)O)[C@H]2C(=O)N[C@H]2C[C@H]3C[C@@H]([C@@H]2C)C3(C)C)cccc1-c1cccc(C(=O)N[C@H](Cc2ccccc2)CN(C)C)c1OC. The number of hydrogen-bond acceptors (Lipinski definition) is 9. The lowest BCUT2D eigenvalue weighted by Crippen LogP contribution is -2.62. The van der Waals surface area contributed by atoms with Crippen LogP contribution in [0.3, 0.4) is 0 Å². The smallest absolute Gasteiger partial charge is 0.255 e. The maximum atomic E-state index is 14.3. The fraction of sp³-hybridized carbons (Fsp3) is 0.545. The van der Waals surface area contributed by atoms with Gasteiger partial charge in [-0.05, 0) is 75.1 Å². The summed E-state index contributed by atoms with van der Waals surface area (Å²) < 4.78 is 12.0. The van der Waals surface area contributed by atoms with Crippen molar-refractivity contribution in [3.63, 3.8) is 0 Å². The molecule has 55 heavy (non-hydrogen) atoms. The minimum Gasteiger partial charge on any atom is -0.496 e. The highest BCUT2D eigenvalue weighted by Crippen LogP contribution is 2.61. The maximum Gasteiger partial charge on any atom is 0.255 e. The first kappa shape index (κ1) is 40.7. The molecule has 4 aliphatic rings. The van der Waals surface area contributed by atoms with E-state index in [0.29, 0.717) is 58.9 Å². The molecule has 2 amide bonds. The molecule has 3 aliphatic carbocycles. The maximum absolute atomic E-state index is 14.3. The molecule has 1 saturated heterocycles. The van der Waals surface area contributed by atoms with Gasteiger partial charge >= 0.3 is 0 Å². The number of rotatable bonds is 15. The largest absolute Gasteiger partial charge is 0.496 e. The number of benzene rings is 3. The van der Waals surface area contributed by atoms with Crippen molar-refractivity contribution in [1.29, 1.82) is 0 Å². The normalized spacial score (nSPS) is 26.9. The van der Waals surface area contributed by atoms with Crippen molar-refractivity contribution in [3.05, 3.63) is 83.4 Å². The van der Waals surface area contributed by atoms with Gasteiger partial charge in [0.1, 0.15) is 23.6 Å². The van der Waals surface area contributed by atoms with Crippen LogP contribution in [0.25, 0.3) is 11.1 Å². The Morgan fingerprint density at radius 2 is 1.65 bits per heavy atom. The van der Waals surface area contributed by atoms with Crippen molar-refractivity contribution < 1.29 is 34.1 Å². The molecule has 9 atom stereocenters. The van der Waals surface area contributed by atoms with Crippen molar-refractivity contribution in [3.8, 4) is 22.6 Å². The number of nitrogens with zero attached hydrogens (tertiary/aromatic N) is 2. The third kappa shape index (κ3) is 8.27. The van der Waals surface area contributed by atoms with E-state index in [0.717, 1.165) is 17.5 Å². The Hall–Kier alpha value is -4.00. The number of likely N-dealkylation sites (N-methyl/N-ethyl adjacent to an activating group) is 1. The summed E-state index contributed by atoms with van der Waals surface area (Å²) in [5.74, 6) is 1.26. The Kier molecular flexibility index (Phi) is 12.6. The predicted octanol–water partition coefficient (Wildman–Crippen LogP) is 4.93. The van der Waals surface area contributed by atoms with Crippen LogP contribution in [0.2, 0.25) is 0 Å². The second-order valence-electron chi connectivity index (χ2n) is 16.7. The van der Waals surface area contributed by atoms with Crippen LogP contribution in [0.4, 0.5) is 0 Å². The molecule has 3 saturated carbocycles. The van der Waals surface area contributed by atoms with Gasteiger partial charge in [-0.25, -0.2) is 0 Å². The second kappa shape index (κ2) is 17.0. The molecule has 0 aromatic heterocycles. The zero-order valence-corrected chi connectivity index (χ0v) is 33.6. The van der Waals surface area contributed by atoms with Gasteiger partial charge in [0.2, 0.25) is 5.91 Å². The van der Waals surface area contributed by atoms with Gasteiger partial charge in [0.25, 0.3) is 5.91 Å². The number of aliphatic hydroxyl groups excluding tert-OH is 2. The van der Waals surface area contributed by atoms with Gasteiger partial charge < -0.3 is 35.2 Å². The zero-order valence-electron chi connectivity index (χ0n) is 33.6. The number of amides is 2. The number of methoxy groups -OCH3 is 2. The van der Waals surface area contributed by atoms with Crippen LogP contribution in [0.15, 0.2) is 66.7 Å². The van der Waals surface area contributed by atoms with Crippen LogP contribution in [0.5, 0.6) is 11.5 Å². The minimum atomic E-state index is -0.912. The lowest BCUT2D eigenvalue weighted by atomic mass is 9.45. The Bertz CT molecular complexity index is 1800. The number of aliphatic hydroxyl groups is 2. The molecule has 11 heteroatoms. The van der Waals surface area contributed by atoms with E-state index in [2.05, 4.69) is 48.4 Å². The molecule has 0 spiro atoms. The van der Waals surface area contributed by atoms with Crippen LogP contribution in [0, 0.1) is 29.1 Å². The summed E-state index contributed by atoms with van der Waals surface area (Å²) in [5.41, 5.74) is 3.89. The molecule has 0 radical (unpaired) electrons. The van der Waals surface area contributed by atoms with Gasteiger partial charge in [-0.15, -0.1) is 0 Å². The Labute approximate surface area is 326 Å². The Morgan fingerprint density at radius 1 is 0.982 bits per heavy atom. The summed E-state index contributed by atoms with van der Waals surface area (Å²) in [6.07, 6.45) is 1.11. The third-order valence-corrected chi connectivity index (χ3v) is 12.7. The van der Waals surface area contributed by atoms with Crippen LogP contribution < -0.4 is 20.1 Å². The molecule has 3 aromatic rings. The van der Waals surface area contributed by atoms with Gasteiger partial charge in [0, 0.05) is 41.2 Å². The van der Waals surface area contributed by atoms with Crippen molar-refractivity contribution in [2.75, 3.05) is 41.5 Å². The molecular weight excluding hydrogens is 697 g/mol. The second-order valence-corrected chi connectivity index (χ2v) is 16.7. The molecule has 2 bridgehead atoms. The van der Waals surface area contributed by atoms with Gasteiger partial charge in [0.05, 0.1) is 39.0 Å². The fourth-order valence-electron chi connectivity index (χ4n) is 9.73. The highest BCUT2D eigenvalue weighted by atomic mass is 16.7. The van der Waals surface area contributed by atoms with Gasteiger partial charge in [0.15, 0.2) is 0 Å². The topological polar surface area (TPSA) is 133 Å². The van der Waals surface area contributed by atoms with Crippen LogP contribution in [0.1, 0.15) is 62.0 Å². The van der Waals surface area contributed by atoms with E-state index in [4.69, 9.17) is 14.3 Å². The van der Waals surface area contributed by atoms with Crippen molar-refractivity contribution >= 4 is 11.8 Å². The first-order valence-electron chi connectivity index (χ1n) is 19.6. The molecule has 7 rings (SSSR count). The van der Waals surface area contributed by atoms with E-state index < -0.39 is 24.2 Å². The lowest BCUT2D eigenvalue weighted by Gasteiger charge is -2.62. The predicted molar refractivity (Wildman–Crippen MR) is 212 cm³/mol. The van der Waals surface area contributed by atoms with Crippen LogP contribution in [-0.4, -0.2) is 104 Å². The number of nitrogens with one attached hydrogen (secondary N) is 2. The van der Waals surface area contributed by atoms with Gasteiger partial charge in [-0.3, -0.25) is 14.4 Å². The first-order valence-corrected chi connectivity index (χ1v) is 19.6. The number of ether oxygens (including phenoxy) is 2. The summed E-state index contributed by atoms with van der Waals surface area (Å²) in [4.78, 5) is 36.6. The fourth-order valence-corrected chi connectivity index (χ4v) is 9.73. The number of para-hydroxylation sites is 2. The summed E-state index contributed by atoms with van der Waals surface area (Å²) in [6.45, 7) is 8.98. The van der Waals surface area contributed by atoms with E-state index in [9.17, 15) is 19.8 Å². The van der Waals surface area contributed by atoms with Crippen LogP contribution >= 0.6 is 0 Å². The molecule has 11 nitrogen and oxygen atoms in total. The van der Waals surface area contributed by atoms with Crippen molar-refractivity contribution in [1.82, 2.24) is 20.6 Å². The molecule has 3 aromatic carbocycles. The molecule has 0 unspecified atom stereocenters.